The van der Waals surface area contributed by atoms with Gasteiger partial charge >= 0.3 is 0 Å². The lowest BCUT2D eigenvalue weighted by atomic mass is 9.94. The van der Waals surface area contributed by atoms with E-state index in [1.807, 2.05) is 91.9 Å². The number of benzene rings is 4. The summed E-state index contributed by atoms with van der Waals surface area (Å²) in [4.78, 5) is 28.2. The zero-order valence-corrected chi connectivity index (χ0v) is 17.2. The van der Waals surface area contributed by atoms with Gasteiger partial charge in [-0.05, 0) is 41.5 Å². The molecule has 0 aromatic heterocycles. The maximum Gasteiger partial charge on any atom is 0.255 e. The lowest BCUT2D eigenvalue weighted by Crippen LogP contribution is -2.39. The number of carbonyl (C=O) groups is 2. The number of hydrogen-bond acceptors (Lipinski definition) is 2. The highest BCUT2D eigenvalue weighted by atomic mass is 16.2. The minimum absolute atomic E-state index is 0.0149. The summed E-state index contributed by atoms with van der Waals surface area (Å²) in [7, 11) is 0. The summed E-state index contributed by atoms with van der Waals surface area (Å²) in [6.07, 6.45) is 0. The van der Waals surface area contributed by atoms with Crippen molar-refractivity contribution >= 4 is 28.3 Å². The Balaban J connectivity index is 1.66. The van der Waals surface area contributed by atoms with E-state index >= 15 is 0 Å². The highest BCUT2D eigenvalue weighted by Gasteiger charge is 2.34. The minimum Gasteiger partial charge on any atom is -0.324 e. The average Bonchev–Trinajstić information content (AvgIpc) is 2.94. The third kappa shape index (κ3) is 3.57. The van der Waals surface area contributed by atoms with Gasteiger partial charge in [-0.2, -0.15) is 0 Å². The molecule has 4 aromatic carbocycles. The van der Waals surface area contributed by atoms with Gasteiger partial charge in [-0.1, -0.05) is 78.4 Å². The molecular formula is C27H22N2O2. The van der Waals surface area contributed by atoms with Gasteiger partial charge in [-0.15, -0.1) is 0 Å². The van der Waals surface area contributed by atoms with Gasteiger partial charge in [0, 0.05) is 16.8 Å². The number of amides is 2. The van der Waals surface area contributed by atoms with E-state index < -0.39 is 0 Å². The van der Waals surface area contributed by atoms with Gasteiger partial charge in [-0.25, -0.2) is 0 Å². The molecule has 31 heavy (non-hydrogen) atoms. The summed E-state index contributed by atoms with van der Waals surface area (Å²) in [6, 6.07) is 29.1. The first-order valence-electron chi connectivity index (χ1n) is 10.4. The van der Waals surface area contributed by atoms with Crippen molar-refractivity contribution in [2.75, 3.05) is 11.9 Å². The molecule has 0 saturated carbocycles. The molecule has 1 aliphatic heterocycles. The van der Waals surface area contributed by atoms with Crippen LogP contribution in [0.25, 0.3) is 10.8 Å². The molecule has 0 spiro atoms. The van der Waals surface area contributed by atoms with Crippen molar-refractivity contribution in [2.45, 2.75) is 13.0 Å². The molecular weight excluding hydrogens is 384 g/mol. The standard InChI is InChI=1S/C27H22N2O2/c1-18-11-14-24-23(15-18)26(20-8-3-2-4-9-20)29(17-25(30)28-24)27(31)22-13-12-19-7-5-6-10-21(19)16-22/h2-16,26H,17H2,1H3,(H,28,30). The molecule has 0 saturated heterocycles. The van der Waals surface area contributed by atoms with Gasteiger partial charge < -0.3 is 10.2 Å². The smallest absolute Gasteiger partial charge is 0.255 e. The van der Waals surface area contributed by atoms with E-state index in [1.165, 1.54) is 0 Å². The van der Waals surface area contributed by atoms with E-state index in [0.29, 0.717) is 5.56 Å². The maximum atomic E-state index is 13.8. The highest BCUT2D eigenvalue weighted by molar-refractivity contribution is 6.03. The largest absolute Gasteiger partial charge is 0.324 e. The molecule has 1 unspecified atom stereocenters. The SMILES string of the molecule is Cc1ccc2c(c1)C(c1ccccc1)N(C(=O)c1ccc3ccccc3c1)CC(=O)N2. The van der Waals surface area contributed by atoms with Gasteiger partial charge in [0.15, 0.2) is 0 Å². The van der Waals surface area contributed by atoms with Crippen molar-refractivity contribution in [1.29, 1.82) is 0 Å². The second kappa shape index (κ2) is 7.73. The summed E-state index contributed by atoms with van der Waals surface area (Å²) < 4.78 is 0. The average molecular weight is 406 g/mol. The second-order valence-corrected chi connectivity index (χ2v) is 7.95. The Kier molecular flexibility index (Phi) is 4.75. The number of aryl methyl sites for hydroxylation is 1. The number of fused-ring (bicyclic) bond motifs is 2. The first-order chi connectivity index (χ1) is 15.1. The molecule has 1 N–H and O–H groups in total. The Labute approximate surface area is 181 Å². The summed E-state index contributed by atoms with van der Waals surface area (Å²) in [5.41, 5.74) is 4.29. The number of carbonyl (C=O) groups excluding carboxylic acids is 2. The quantitative estimate of drug-likeness (QED) is 0.489. The fourth-order valence-corrected chi connectivity index (χ4v) is 4.30. The molecule has 1 aliphatic rings. The van der Waals surface area contributed by atoms with E-state index in [4.69, 9.17) is 0 Å². The van der Waals surface area contributed by atoms with Crippen molar-refractivity contribution in [3.63, 3.8) is 0 Å². The lowest BCUT2D eigenvalue weighted by molar-refractivity contribution is -0.117. The Hall–Kier alpha value is -3.92. The van der Waals surface area contributed by atoms with Crippen molar-refractivity contribution in [1.82, 2.24) is 4.90 Å². The minimum atomic E-state index is -0.367. The molecule has 1 heterocycles. The van der Waals surface area contributed by atoms with Crippen molar-refractivity contribution in [3.8, 4) is 0 Å². The fourth-order valence-electron chi connectivity index (χ4n) is 4.30. The Morgan fingerprint density at radius 3 is 2.42 bits per heavy atom. The molecule has 0 fully saturated rings. The molecule has 0 aliphatic carbocycles. The predicted octanol–water partition coefficient (Wildman–Crippen LogP) is 5.33. The van der Waals surface area contributed by atoms with Crippen LogP contribution in [0.2, 0.25) is 0 Å². The second-order valence-electron chi connectivity index (χ2n) is 7.95. The van der Waals surface area contributed by atoms with Crippen LogP contribution in [0.4, 0.5) is 5.69 Å². The number of rotatable bonds is 2. The van der Waals surface area contributed by atoms with Crippen molar-refractivity contribution < 1.29 is 9.59 Å². The van der Waals surface area contributed by atoms with Crippen LogP contribution in [-0.2, 0) is 4.79 Å². The van der Waals surface area contributed by atoms with E-state index in [-0.39, 0.29) is 24.4 Å². The highest BCUT2D eigenvalue weighted by Crippen LogP contribution is 2.37. The molecule has 5 rings (SSSR count). The van der Waals surface area contributed by atoms with Crippen LogP contribution < -0.4 is 5.32 Å². The maximum absolute atomic E-state index is 13.8. The number of nitrogens with zero attached hydrogens (tertiary/aromatic N) is 1. The van der Waals surface area contributed by atoms with Gasteiger partial charge in [0.05, 0.1) is 6.04 Å². The topological polar surface area (TPSA) is 49.4 Å². The number of nitrogens with one attached hydrogen (secondary N) is 1. The van der Waals surface area contributed by atoms with E-state index in [2.05, 4.69) is 11.4 Å². The predicted molar refractivity (Wildman–Crippen MR) is 123 cm³/mol. The third-order valence-corrected chi connectivity index (χ3v) is 5.77. The van der Waals surface area contributed by atoms with Crippen LogP contribution in [0.1, 0.15) is 33.1 Å². The first kappa shape index (κ1) is 19.1. The van der Waals surface area contributed by atoms with Gasteiger partial charge in [0.25, 0.3) is 5.91 Å². The molecule has 4 heteroatoms. The molecule has 0 radical (unpaired) electrons. The molecule has 2 amide bonds. The van der Waals surface area contributed by atoms with Gasteiger partial charge in [-0.3, -0.25) is 9.59 Å². The normalized spacial score (nSPS) is 15.8. The number of anilines is 1. The zero-order chi connectivity index (χ0) is 21.4. The molecule has 152 valence electrons. The Bertz CT molecular complexity index is 1300. The number of hydrogen-bond donors (Lipinski definition) is 1. The lowest BCUT2D eigenvalue weighted by Gasteiger charge is -2.31. The molecule has 1 atom stereocenters. The first-order valence-corrected chi connectivity index (χ1v) is 10.4. The van der Waals surface area contributed by atoms with Crippen molar-refractivity contribution in [2.24, 2.45) is 0 Å². The van der Waals surface area contributed by atoms with Crippen molar-refractivity contribution in [3.05, 3.63) is 113 Å². The van der Waals surface area contributed by atoms with Crippen LogP contribution in [0.3, 0.4) is 0 Å². The van der Waals surface area contributed by atoms with Crippen LogP contribution in [0, 0.1) is 6.92 Å². The third-order valence-electron chi connectivity index (χ3n) is 5.77. The summed E-state index contributed by atoms with van der Waals surface area (Å²) >= 11 is 0. The van der Waals surface area contributed by atoms with E-state index in [0.717, 1.165) is 33.2 Å². The summed E-state index contributed by atoms with van der Waals surface area (Å²) in [6.45, 7) is 2.00. The zero-order valence-electron chi connectivity index (χ0n) is 17.2. The molecule has 0 bridgehead atoms. The summed E-state index contributed by atoms with van der Waals surface area (Å²) in [5, 5.41) is 5.06. The van der Waals surface area contributed by atoms with E-state index in [1.54, 1.807) is 4.90 Å². The fraction of sp³-hybridized carbons (Fsp3) is 0.111. The summed E-state index contributed by atoms with van der Waals surface area (Å²) in [5.74, 6) is -0.359. The van der Waals surface area contributed by atoms with Crippen LogP contribution in [0.15, 0.2) is 91.0 Å². The van der Waals surface area contributed by atoms with Crippen LogP contribution >= 0.6 is 0 Å². The monoisotopic (exact) mass is 406 g/mol. The van der Waals surface area contributed by atoms with Gasteiger partial charge in [0.2, 0.25) is 5.91 Å². The van der Waals surface area contributed by atoms with Crippen LogP contribution in [-0.4, -0.2) is 23.3 Å². The molecule has 4 aromatic rings. The van der Waals surface area contributed by atoms with Crippen LogP contribution in [0.5, 0.6) is 0 Å². The molecule has 4 nitrogen and oxygen atoms in total. The van der Waals surface area contributed by atoms with E-state index in [9.17, 15) is 9.59 Å². The Morgan fingerprint density at radius 2 is 1.61 bits per heavy atom. The van der Waals surface area contributed by atoms with Gasteiger partial charge in [0.1, 0.15) is 6.54 Å². The Morgan fingerprint density at radius 1 is 0.871 bits per heavy atom.